The normalized spacial score (nSPS) is 15.3. The summed E-state index contributed by atoms with van der Waals surface area (Å²) in [6.07, 6.45) is 4.55. The highest BCUT2D eigenvalue weighted by atomic mass is 16.5. The number of pyridine rings is 1. The van der Waals surface area contributed by atoms with E-state index in [9.17, 15) is 9.59 Å². The molecule has 1 unspecified atom stereocenters. The molecule has 0 aliphatic carbocycles. The Morgan fingerprint density at radius 1 is 1.20 bits per heavy atom. The SMILES string of the molecule is CCCC1Cc2cc(OC)c(OC)cc2-c2cc(=O)c(C(C)=O)cn21. The minimum absolute atomic E-state index is 0.200. The van der Waals surface area contributed by atoms with Crippen molar-refractivity contribution in [2.45, 2.75) is 39.2 Å². The molecule has 0 amide bonds. The van der Waals surface area contributed by atoms with E-state index < -0.39 is 0 Å². The lowest BCUT2D eigenvalue weighted by Crippen LogP contribution is -2.25. The van der Waals surface area contributed by atoms with Gasteiger partial charge in [0.15, 0.2) is 22.7 Å². The topological polar surface area (TPSA) is 57.5 Å². The third-order valence-corrected chi connectivity index (χ3v) is 4.82. The summed E-state index contributed by atoms with van der Waals surface area (Å²) in [6, 6.07) is 5.69. The van der Waals surface area contributed by atoms with Crippen LogP contribution in [0.25, 0.3) is 11.3 Å². The van der Waals surface area contributed by atoms with Crippen LogP contribution in [-0.2, 0) is 6.42 Å². The fourth-order valence-corrected chi connectivity index (χ4v) is 3.59. The monoisotopic (exact) mass is 341 g/mol. The minimum Gasteiger partial charge on any atom is -0.493 e. The standard InChI is InChI=1S/C20H23NO4/c1-5-6-14-7-13-8-19(24-3)20(25-4)9-15(13)17-10-18(23)16(12(2)22)11-21(14)17/h8-11,14H,5-7H2,1-4H3. The third-order valence-electron chi connectivity index (χ3n) is 4.82. The highest BCUT2D eigenvalue weighted by molar-refractivity contribution is 5.94. The van der Waals surface area contributed by atoms with Crippen molar-refractivity contribution in [1.82, 2.24) is 4.57 Å². The number of hydrogen-bond donors (Lipinski definition) is 0. The van der Waals surface area contributed by atoms with Gasteiger partial charge >= 0.3 is 0 Å². The van der Waals surface area contributed by atoms with Crippen molar-refractivity contribution in [1.29, 1.82) is 0 Å². The van der Waals surface area contributed by atoms with Crippen molar-refractivity contribution in [2.24, 2.45) is 0 Å². The Hall–Kier alpha value is -2.56. The summed E-state index contributed by atoms with van der Waals surface area (Å²) in [6.45, 7) is 3.57. The number of hydrogen-bond acceptors (Lipinski definition) is 4. The van der Waals surface area contributed by atoms with Gasteiger partial charge in [-0.2, -0.15) is 0 Å². The number of ether oxygens (including phenoxy) is 2. The van der Waals surface area contributed by atoms with E-state index in [0.717, 1.165) is 36.1 Å². The quantitative estimate of drug-likeness (QED) is 0.779. The Labute approximate surface area is 147 Å². The summed E-state index contributed by atoms with van der Waals surface area (Å²) < 4.78 is 12.9. The Morgan fingerprint density at radius 2 is 1.88 bits per heavy atom. The molecule has 1 aromatic carbocycles. The Bertz CT molecular complexity index is 882. The number of ketones is 1. The van der Waals surface area contributed by atoms with Gasteiger partial charge in [-0.3, -0.25) is 9.59 Å². The maximum atomic E-state index is 12.4. The van der Waals surface area contributed by atoms with Crippen molar-refractivity contribution in [3.8, 4) is 22.8 Å². The highest BCUT2D eigenvalue weighted by Gasteiger charge is 2.26. The number of carbonyl (C=O) groups is 1. The van der Waals surface area contributed by atoms with Crippen LogP contribution >= 0.6 is 0 Å². The Kier molecular flexibility index (Phi) is 4.66. The molecule has 2 aromatic rings. The summed E-state index contributed by atoms with van der Waals surface area (Å²) >= 11 is 0. The number of aromatic nitrogens is 1. The first-order valence-corrected chi connectivity index (χ1v) is 8.52. The van der Waals surface area contributed by atoms with Crippen LogP contribution in [0.5, 0.6) is 11.5 Å². The average molecular weight is 341 g/mol. The van der Waals surface area contributed by atoms with Gasteiger partial charge in [0.2, 0.25) is 0 Å². The van der Waals surface area contributed by atoms with Crippen LogP contribution in [0, 0.1) is 0 Å². The van der Waals surface area contributed by atoms with E-state index in [1.54, 1.807) is 26.5 Å². The number of benzene rings is 1. The Morgan fingerprint density at radius 3 is 2.48 bits per heavy atom. The molecule has 1 atom stereocenters. The van der Waals surface area contributed by atoms with E-state index in [1.165, 1.54) is 6.92 Å². The fraction of sp³-hybridized carbons (Fsp3) is 0.400. The summed E-state index contributed by atoms with van der Waals surface area (Å²) in [5, 5.41) is 0. The van der Waals surface area contributed by atoms with Crippen molar-refractivity contribution in [3.63, 3.8) is 0 Å². The predicted molar refractivity (Wildman–Crippen MR) is 96.9 cm³/mol. The molecule has 0 spiro atoms. The first-order valence-electron chi connectivity index (χ1n) is 8.52. The zero-order chi connectivity index (χ0) is 18.1. The molecule has 25 heavy (non-hydrogen) atoms. The minimum atomic E-state index is -0.239. The smallest absolute Gasteiger partial charge is 0.192 e. The predicted octanol–water partition coefficient (Wildman–Crippen LogP) is 3.63. The first-order chi connectivity index (χ1) is 12.0. The van der Waals surface area contributed by atoms with E-state index in [4.69, 9.17) is 9.47 Å². The van der Waals surface area contributed by atoms with Gasteiger partial charge in [0.05, 0.1) is 25.5 Å². The summed E-state index contributed by atoms with van der Waals surface area (Å²) in [5.41, 5.74) is 2.92. The molecule has 0 N–H and O–H groups in total. The van der Waals surface area contributed by atoms with Gasteiger partial charge in [0.25, 0.3) is 0 Å². The molecule has 3 rings (SSSR count). The molecule has 0 saturated carbocycles. The molecule has 5 nitrogen and oxygen atoms in total. The second-order valence-electron chi connectivity index (χ2n) is 6.41. The molecule has 1 aromatic heterocycles. The Balaban J connectivity index is 2.27. The van der Waals surface area contributed by atoms with E-state index in [-0.39, 0.29) is 22.8 Å². The van der Waals surface area contributed by atoms with E-state index in [1.807, 2.05) is 12.1 Å². The number of nitrogens with zero attached hydrogens (tertiary/aromatic N) is 1. The molecule has 1 aliphatic heterocycles. The zero-order valence-corrected chi connectivity index (χ0v) is 15.1. The molecule has 5 heteroatoms. The third kappa shape index (κ3) is 2.95. The van der Waals surface area contributed by atoms with E-state index in [2.05, 4.69) is 11.5 Å². The number of Topliss-reactive ketones (excluding diaryl/α,β-unsaturated/α-hetero) is 1. The molecule has 1 aliphatic rings. The fourth-order valence-electron chi connectivity index (χ4n) is 3.59. The number of carbonyl (C=O) groups excluding carboxylic acids is 1. The van der Waals surface area contributed by atoms with Crippen molar-refractivity contribution >= 4 is 5.78 Å². The van der Waals surface area contributed by atoms with Crippen molar-refractivity contribution in [2.75, 3.05) is 14.2 Å². The van der Waals surface area contributed by atoms with Crippen molar-refractivity contribution in [3.05, 3.63) is 45.7 Å². The van der Waals surface area contributed by atoms with Crippen LogP contribution in [0.3, 0.4) is 0 Å². The second-order valence-corrected chi connectivity index (χ2v) is 6.41. The lowest BCUT2D eigenvalue weighted by Gasteiger charge is -2.31. The van der Waals surface area contributed by atoms with Crippen LogP contribution < -0.4 is 14.9 Å². The summed E-state index contributed by atoms with van der Waals surface area (Å²) in [7, 11) is 3.22. The van der Waals surface area contributed by atoms with Crippen LogP contribution in [0.4, 0.5) is 0 Å². The van der Waals surface area contributed by atoms with Crippen LogP contribution in [0.15, 0.2) is 29.2 Å². The van der Waals surface area contributed by atoms with E-state index in [0.29, 0.717) is 11.5 Å². The van der Waals surface area contributed by atoms with Gasteiger partial charge in [0, 0.05) is 23.9 Å². The highest BCUT2D eigenvalue weighted by Crippen LogP contribution is 2.41. The molecule has 0 bridgehead atoms. The number of fused-ring (bicyclic) bond motifs is 3. The van der Waals surface area contributed by atoms with Crippen LogP contribution in [-0.4, -0.2) is 24.6 Å². The van der Waals surface area contributed by atoms with Gasteiger partial charge in [-0.1, -0.05) is 13.3 Å². The zero-order valence-electron chi connectivity index (χ0n) is 15.1. The van der Waals surface area contributed by atoms with Gasteiger partial charge in [-0.25, -0.2) is 0 Å². The molecular weight excluding hydrogens is 318 g/mol. The first kappa shape index (κ1) is 17.3. The van der Waals surface area contributed by atoms with Crippen molar-refractivity contribution < 1.29 is 14.3 Å². The molecule has 2 heterocycles. The molecular formula is C20H23NO4. The summed E-state index contributed by atoms with van der Waals surface area (Å²) in [5.74, 6) is 1.12. The molecule has 0 fully saturated rings. The lowest BCUT2D eigenvalue weighted by molar-refractivity contribution is 0.101. The van der Waals surface area contributed by atoms with E-state index >= 15 is 0 Å². The number of methoxy groups -OCH3 is 2. The van der Waals surface area contributed by atoms with Gasteiger partial charge in [-0.15, -0.1) is 0 Å². The maximum absolute atomic E-state index is 12.4. The van der Waals surface area contributed by atoms with Gasteiger partial charge in [-0.05, 0) is 37.5 Å². The molecule has 0 radical (unpaired) electrons. The largest absolute Gasteiger partial charge is 0.493 e. The maximum Gasteiger partial charge on any atom is 0.192 e. The summed E-state index contributed by atoms with van der Waals surface area (Å²) in [4.78, 5) is 24.2. The molecule has 0 saturated heterocycles. The van der Waals surface area contributed by atoms with Gasteiger partial charge < -0.3 is 14.0 Å². The average Bonchev–Trinajstić information content (AvgIpc) is 2.60. The van der Waals surface area contributed by atoms with Crippen LogP contribution in [0.2, 0.25) is 0 Å². The lowest BCUT2D eigenvalue weighted by atomic mass is 9.89. The van der Waals surface area contributed by atoms with Crippen LogP contribution in [0.1, 0.15) is 48.7 Å². The molecule has 132 valence electrons. The second kappa shape index (κ2) is 6.75. The number of rotatable bonds is 5. The van der Waals surface area contributed by atoms with Gasteiger partial charge in [0.1, 0.15) is 0 Å².